The standard InChI is InChI=1S/C10H18N2OS/c1-3-8(9(11)14)10(13)12-5-7-4-6(7)2/h6-8H,3-5H2,1-2H3,(H2,11,14)(H,12,13). The molecule has 4 heteroatoms. The highest BCUT2D eigenvalue weighted by Gasteiger charge is 2.33. The minimum atomic E-state index is -0.293. The molecule has 80 valence electrons. The van der Waals surface area contributed by atoms with Crippen molar-refractivity contribution < 1.29 is 4.79 Å². The van der Waals surface area contributed by atoms with E-state index in [2.05, 4.69) is 12.2 Å². The summed E-state index contributed by atoms with van der Waals surface area (Å²) in [4.78, 5) is 11.9. The third-order valence-corrected chi connectivity index (χ3v) is 3.17. The molecule has 0 aromatic heterocycles. The molecule has 1 fully saturated rings. The zero-order chi connectivity index (χ0) is 10.7. The van der Waals surface area contributed by atoms with Gasteiger partial charge in [-0.2, -0.15) is 0 Å². The molecular weight excluding hydrogens is 196 g/mol. The summed E-state index contributed by atoms with van der Waals surface area (Å²) >= 11 is 4.83. The van der Waals surface area contributed by atoms with E-state index in [1.54, 1.807) is 0 Å². The van der Waals surface area contributed by atoms with Crippen LogP contribution in [0.25, 0.3) is 0 Å². The minimum Gasteiger partial charge on any atom is -0.393 e. The Labute approximate surface area is 90.4 Å². The highest BCUT2D eigenvalue weighted by molar-refractivity contribution is 7.80. The summed E-state index contributed by atoms with van der Waals surface area (Å²) in [5.74, 6) is 1.13. The average molecular weight is 214 g/mol. The van der Waals surface area contributed by atoms with Gasteiger partial charge in [-0.05, 0) is 24.7 Å². The lowest BCUT2D eigenvalue weighted by atomic mass is 10.1. The fourth-order valence-electron chi connectivity index (χ4n) is 1.55. The van der Waals surface area contributed by atoms with E-state index in [-0.39, 0.29) is 11.8 Å². The highest BCUT2D eigenvalue weighted by Crippen LogP contribution is 2.36. The molecule has 1 aliphatic rings. The van der Waals surface area contributed by atoms with E-state index < -0.39 is 0 Å². The first-order valence-corrected chi connectivity index (χ1v) is 5.54. The van der Waals surface area contributed by atoms with E-state index in [0.29, 0.717) is 17.3 Å². The predicted octanol–water partition coefficient (Wildman–Crippen LogP) is 1.07. The molecule has 0 radical (unpaired) electrons. The normalized spacial score (nSPS) is 26.7. The van der Waals surface area contributed by atoms with Gasteiger partial charge >= 0.3 is 0 Å². The van der Waals surface area contributed by atoms with E-state index in [4.69, 9.17) is 18.0 Å². The molecule has 3 atom stereocenters. The smallest absolute Gasteiger partial charge is 0.229 e. The Bertz CT molecular complexity index is 242. The van der Waals surface area contributed by atoms with E-state index in [9.17, 15) is 4.79 Å². The first-order valence-electron chi connectivity index (χ1n) is 5.13. The SMILES string of the molecule is CCC(C(=O)NCC1CC1C)C(N)=S. The number of rotatable bonds is 5. The number of amides is 1. The van der Waals surface area contributed by atoms with E-state index in [1.807, 2.05) is 6.92 Å². The molecule has 3 N–H and O–H groups in total. The Kier molecular flexibility index (Phi) is 3.86. The van der Waals surface area contributed by atoms with Crippen LogP contribution < -0.4 is 11.1 Å². The quantitative estimate of drug-likeness (QED) is 0.673. The number of nitrogens with two attached hydrogens (primary N) is 1. The largest absolute Gasteiger partial charge is 0.393 e. The lowest BCUT2D eigenvalue weighted by Crippen LogP contribution is -2.38. The van der Waals surface area contributed by atoms with Crippen LogP contribution in [0.4, 0.5) is 0 Å². The fraction of sp³-hybridized carbons (Fsp3) is 0.800. The van der Waals surface area contributed by atoms with Crippen molar-refractivity contribution in [3.8, 4) is 0 Å². The zero-order valence-electron chi connectivity index (χ0n) is 8.75. The maximum Gasteiger partial charge on any atom is 0.229 e. The van der Waals surface area contributed by atoms with Gasteiger partial charge in [0.25, 0.3) is 0 Å². The van der Waals surface area contributed by atoms with Crippen molar-refractivity contribution >= 4 is 23.1 Å². The van der Waals surface area contributed by atoms with Crippen LogP contribution in [-0.2, 0) is 4.79 Å². The maximum absolute atomic E-state index is 11.6. The van der Waals surface area contributed by atoms with E-state index >= 15 is 0 Å². The Morgan fingerprint density at radius 1 is 1.71 bits per heavy atom. The summed E-state index contributed by atoms with van der Waals surface area (Å²) in [7, 11) is 0. The molecule has 0 saturated heterocycles. The molecule has 0 aromatic rings. The molecule has 0 heterocycles. The van der Waals surface area contributed by atoms with Crippen molar-refractivity contribution in [2.45, 2.75) is 26.7 Å². The Hall–Kier alpha value is -0.640. The van der Waals surface area contributed by atoms with Gasteiger partial charge in [-0.3, -0.25) is 4.79 Å². The number of nitrogens with one attached hydrogen (secondary N) is 1. The second kappa shape index (κ2) is 4.73. The van der Waals surface area contributed by atoms with Gasteiger partial charge in [0.05, 0.1) is 10.9 Å². The van der Waals surface area contributed by atoms with Crippen LogP contribution in [0, 0.1) is 17.8 Å². The number of carbonyl (C=O) groups excluding carboxylic acids is 1. The van der Waals surface area contributed by atoms with Gasteiger partial charge < -0.3 is 11.1 Å². The lowest BCUT2D eigenvalue weighted by molar-refractivity contribution is -0.123. The van der Waals surface area contributed by atoms with Crippen LogP contribution in [0.3, 0.4) is 0 Å². The number of hydrogen-bond donors (Lipinski definition) is 2. The number of hydrogen-bond acceptors (Lipinski definition) is 2. The van der Waals surface area contributed by atoms with Gasteiger partial charge in [-0.25, -0.2) is 0 Å². The third kappa shape index (κ3) is 2.94. The van der Waals surface area contributed by atoms with Crippen LogP contribution in [0.1, 0.15) is 26.7 Å². The van der Waals surface area contributed by atoms with Crippen LogP contribution in [0.15, 0.2) is 0 Å². The van der Waals surface area contributed by atoms with Crippen LogP contribution >= 0.6 is 12.2 Å². The summed E-state index contributed by atoms with van der Waals surface area (Å²) in [6, 6.07) is 0. The van der Waals surface area contributed by atoms with Gasteiger partial charge in [0.15, 0.2) is 0 Å². The second-order valence-corrected chi connectivity index (χ2v) is 4.55. The van der Waals surface area contributed by atoms with E-state index in [0.717, 1.165) is 12.5 Å². The summed E-state index contributed by atoms with van der Waals surface area (Å²) in [5, 5.41) is 2.90. The molecule has 0 spiro atoms. The molecule has 1 rings (SSSR count). The average Bonchev–Trinajstić information content (AvgIpc) is 2.79. The van der Waals surface area contributed by atoms with Crippen LogP contribution in [-0.4, -0.2) is 17.4 Å². The summed E-state index contributed by atoms with van der Waals surface area (Å²) in [5.41, 5.74) is 5.47. The molecule has 1 amide bonds. The minimum absolute atomic E-state index is 0.0147. The van der Waals surface area contributed by atoms with Gasteiger partial charge in [-0.15, -0.1) is 0 Å². The number of carbonyl (C=O) groups is 1. The van der Waals surface area contributed by atoms with Gasteiger partial charge in [0.2, 0.25) is 5.91 Å². The molecular formula is C10H18N2OS. The Balaban J connectivity index is 2.28. The van der Waals surface area contributed by atoms with Gasteiger partial charge in [0, 0.05) is 6.54 Å². The molecule has 3 unspecified atom stereocenters. The fourth-order valence-corrected chi connectivity index (χ4v) is 1.83. The van der Waals surface area contributed by atoms with Crippen LogP contribution in [0.2, 0.25) is 0 Å². The summed E-state index contributed by atoms with van der Waals surface area (Å²) < 4.78 is 0. The zero-order valence-corrected chi connectivity index (χ0v) is 9.56. The predicted molar refractivity (Wildman–Crippen MR) is 60.8 cm³/mol. The van der Waals surface area contributed by atoms with Crippen molar-refractivity contribution in [2.75, 3.05) is 6.54 Å². The highest BCUT2D eigenvalue weighted by atomic mass is 32.1. The first kappa shape index (κ1) is 11.4. The molecule has 14 heavy (non-hydrogen) atoms. The molecule has 0 aliphatic heterocycles. The van der Waals surface area contributed by atoms with E-state index in [1.165, 1.54) is 6.42 Å². The number of thiocarbonyl (C=S) groups is 1. The molecule has 0 aromatic carbocycles. The lowest BCUT2D eigenvalue weighted by Gasteiger charge is -2.12. The molecule has 3 nitrogen and oxygen atoms in total. The second-order valence-electron chi connectivity index (χ2n) is 4.08. The summed E-state index contributed by atoms with van der Waals surface area (Å²) in [6.07, 6.45) is 1.91. The van der Waals surface area contributed by atoms with Crippen LogP contribution in [0.5, 0.6) is 0 Å². The molecule has 1 saturated carbocycles. The summed E-state index contributed by atoms with van der Waals surface area (Å²) in [6.45, 7) is 4.89. The third-order valence-electron chi connectivity index (χ3n) is 2.88. The first-order chi connectivity index (χ1) is 6.56. The monoisotopic (exact) mass is 214 g/mol. The van der Waals surface area contributed by atoms with Crippen molar-refractivity contribution in [3.05, 3.63) is 0 Å². The van der Waals surface area contributed by atoms with Crippen molar-refractivity contribution in [1.82, 2.24) is 5.32 Å². The topological polar surface area (TPSA) is 55.1 Å². The van der Waals surface area contributed by atoms with Crippen molar-refractivity contribution in [2.24, 2.45) is 23.5 Å². The molecule has 0 bridgehead atoms. The van der Waals surface area contributed by atoms with Crippen molar-refractivity contribution in [3.63, 3.8) is 0 Å². The Morgan fingerprint density at radius 3 is 2.64 bits per heavy atom. The van der Waals surface area contributed by atoms with Crippen molar-refractivity contribution in [1.29, 1.82) is 0 Å². The van der Waals surface area contributed by atoms with Gasteiger partial charge in [0.1, 0.15) is 0 Å². The maximum atomic E-state index is 11.6. The van der Waals surface area contributed by atoms with Gasteiger partial charge in [-0.1, -0.05) is 26.1 Å². The molecule has 1 aliphatic carbocycles. The Morgan fingerprint density at radius 2 is 2.29 bits per heavy atom.